The van der Waals surface area contributed by atoms with Crippen molar-refractivity contribution in [2.75, 3.05) is 0 Å². The molecule has 0 aliphatic heterocycles. The first-order valence-electron chi connectivity index (χ1n) is 2.47. The van der Waals surface area contributed by atoms with Crippen LogP contribution in [0.4, 0.5) is 0 Å². The molecule has 0 aliphatic rings. The van der Waals surface area contributed by atoms with Gasteiger partial charge in [-0.15, -0.1) is 24.0 Å². The van der Waals surface area contributed by atoms with Crippen molar-refractivity contribution in [3.8, 4) is 0 Å². The molecule has 0 bridgehead atoms. The average Bonchev–Trinajstić information content (AvgIpc) is 1.80. The van der Waals surface area contributed by atoms with Crippen LogP contribution in [0.1, 0.15) is 0 Å². The van der Waals surface area contributed by atoms with Gasteiger partial charge in [0, 0.05) is 0 Å². The molecule has 0 nitrogen and oxygen atoms in total. The van der Waals surface area contributed by atoms with Gasteiger partial charge in [0.25, 0.3) is 0 Å². The van der Waals surface area contributed by atoms with Crippen LogP contribution in [0.25, 0.3) is 0 Å². The Morgan fingerprint density at radius 1 is 1.10 bits per heavy atom. The van der Waals surface area contributed by atoms with Crippen molar-refractivity contribution < 1.29 is 18.3 Å². The van der Waals surface area contributed by atoms with Gasteiger partial charge in [-0.2, -0.15) is 0 Å². The van der Waals surface area contributed by atoms with Crippen molar-refractivity contribution >= 4 is 51.3 Å². The Labute approximate surface area is 97.0 Å². The van der Waals surface area contributed by atoms with Gasteiger partial charge in [-0.3, -0.25) is 0 Å². The van der Waals surface area contributed by atoms with E-state index in [1.807, 2.05) is 18.2 Å². The summed E-state index contributed by atoms with van der Waals surface area (Å²) in [5.74, 6) is 0. The van der Waals surface area contributed by atoms with Crippen LogP contribution in [0.5, 0.6) is 0 Å². The topological polar surface area (TPSA) is 0 Å². The summed E-state index contributed by atoms with van der Waals surface area (Å²) in [6, 6.07) is 5.70. The first-order chi connectivity index (χ1) is 4.20. The fourth-order valence-corrected chi connectivity index (χ4v) is 1.81. The number of benzene rings is 1. The minimum Gasteiger partial charge on any atom is -0.107 e. The zero-order valence-electron chi connectivity index (χ0n) is 5.10. The van der Waals surface area contributed by atoms with E-state index in [1.165, 1.54) is 4.16 Å². The first-order valence-corrected chi connectivity index (χ1v) is 4.71. The zero-order chi connectivity index (χ0) is 6.85. The second kappa shape index (κ2) is 4.92. The predicted octanol–water partition coefficient (Wildman–Crippen LogP) is 2.78. The largest absolute Gasteiger partial charge is 0.107 e. The third kappa shape index (κ3) is 3.04. The first kappa shape index (κ1) is 11.2. The molecule has 0 atom stereocenters. The van der Waals surface area contributed by atoms with E-state index in [9.17, 15) is 0 Å². The van der Waals surface area contributed by atoms with Gasteiger partial charge < -0.3 is 0 Å². The van der Waals surface area contributed by atoms with Gasteiger partial charge in [-0.25, -0.2) is 0 Å². The maximum atomic E-state index is 5.70. The molecular weight excluding hydrogens is 335 g/mol. The van der Waals surface area contributed by atoms with E-state index < -0.39 is 0 Å². The van der Waals surface area contributed by atoms with Crippen molar-refractivity contribution in [1.82, 2.24) is 0 Å². The Kier molecular flexibility index (Phi) is 5.48. The van der Waals surface area contributed by atoms with Crippen LogP contribution in [-0.2, 0) is 18.3 Å². The summed E-state index contributed by atoms with van der Waals surface area (Å²) in [5.41, 5.74) is 0. The van der Waals surface area contributed by atoms with E-state index in [0.29, 0.717) is 10.0 Å². The van der Waals surface area contributed by atoms with Crippen molar-refractivity contribution in [1.29, 1.82) is 0 Å². The molecule has 0 fully saturated rings. The molecule has 1 aromatic rings. The Bertz CT molecular complexity index is 227. The van der Waals surface area contributed by atoms with Gasteiger partial charge in [0.1, 0.15) is 0 Å². The third-order valence-corrected chi connectivity index (χ3v) is 2.65. The van der Waals surface area contributed by atoms with Crippen molar-refractivity contribution in [3.63, 3.8) is 0 Å². The minimum absolute atomic E-state index is 0. The monoisotopic (exact) mass is 337 g/mol. The van der Waals surface area contributed by atoms with Gasteiger partial charge in [0.05, 0.1) is 0 Å². The quantitative estimate of drug-likeness (QED) is 0.504. The summed E-state index contributed by atoms with van der Waals surface area (Å²) in [7, 11) is 0. The maximum Gasteiger partial charge on any atom is -0.107 e. The van der Waals surface area contributed by atoms with Crippen LogP contribution in [-0.4, -0.2) is 0 Å². The molecule has 0 amide bonds. The van der Waals surface area contributed by atoms with Gasteiger partial charge in [-0.1, -0.05) is 0 Å². The van der Waals surface area contributed by atoms with E-state index in [-0.39, 0.29) is 24.0 Å². The molecule has 0 aromatic heterocycles. The normalized spacial score (nSPS) is 8.80. The van der Waals surface area contributed by atoms with Crippen LogP contribution < -0.4 is 4.16 Å². The second-order valence-electron chi connectivity index (χ2n) is 1.75. The predicted molar refractivity (Wildman–Crippen MR) is 51.5 cm³/mol. The average molecular weight is 339 g/mol. The van der Waals surface area contributed by atoms with E-state index in [2.05, 4.69) is 0 Å². The molecule has 0 heterocycles. The van der Waals surface area contributed by atoms with Crippen LogP contribution in [0, 0.1) is 0 Å². The molecule has 0 saturated heterocycles. The maximum absolute atomic E-state index is 5.70. The van der Waals surface area contributed by atoms with Gasteiger partial charge in [0.2, 0.25) is 0 Å². The van der Waals surface area contributed by atoms with Crippen LogP contribution in [0.15, 0.2) is 18.2 Å². The minimum atomic E-state index is 0. The van der Waals surface area contributed by atoms with E-state index in [0.717, 1.165) is 18.3 Å². The summed E-state index contributed by atoms with van der Waals surface area (Å²) in [6.07, 6.45) is 0. The van der Waals surface area contributed by atoms with Gasteiger partial charge in [0.15, 0.2) is 0 Å². The van der Waals surface area contributed by atoms with Crippen molar-refractivity contribution in [2.24, 2.45) is 0 Å². The molecule has 10 heavy (non-hydrogen) atoms. The van der Waals surface area contributed by atoms with Crippen LogP contribution >= 0.6 is 47.2 Å². The molecular formula is C6H4Cl2IZn. The van der Waals surface area contributed by atoms with Crippen molar-refractivity contribution in [3.05, 3.63) is 28.2 Å². The molecule has 0 aliphatic carbocycles. The fraction of sp³-hybridized carbons (Fsp3) is 0. The smallest absolute Gasteiger partial charge is 0.107 e. The molecule has 0 unspecified atom stereocenters. The summed E-state index contributed by atoms with van der Waals surface area (Å²) in [5, 5.41) is 1.29. The number of rotatable bonds is 0. The summed E-state index contributed by atoms with van der Waals surface area (Å²) >= 11 is 12.5. The Hall–Kier alpha value is 1.15. The number of hydrogen-bond donors (Lipinski definition) is 0. The Morgan fingerprint density at radius 2 is 1.70 bits per heavy atom. The van der Waals surface area contributed by atoms with E-state index in [4.69, 9.17) is 23.2 Å². The molecule has 0 radical (unpaired) electrons. The second-order valence-corrected chi connectivity index (χ2v) is 4.28. The van der Waals surface area contributed by atoms with Gasteiger partial charge >= 0.3 is 73.9 Å². The molecule has 1 rings (SSSR count). The summed E-state index contributed by atoms with van der Waals surface area (Å²) < 4.78 is 1.25. The van der Waals surface area contributed by atoms with Crippen LogP contribution in [0.3, 0.4) is 0 Å². The molecule has 0 N–H and O–H groups in total. The zero-order valence-corrected chi connectivity index (χ0v) is 11.9. The molecule has 51 valence electrons. The van der Waals surface area contributed by atoms with E-state index in [1.54, 1.807) is 0 Å². The SMILES string of the molecule is Clc1cc[c]([Zn])cc1Cl.I. The molecule has 1 aromatic carbocycles. The Balaban J connectivity index is 0.000000810. The summed E-state index contributed by atoms with van der Waals surface area (Å²) in [4.78, 5) is 0. The molecule has 0 spiro atoms. The standard InChI is InChI=1S/C6H3Cl2.HI.Zn/c7-5-3-1-2-4-6(5)8;;/h1,3-4H;1H;. The van der Waals surface area contributed by atoms with Crippen LogP contribution in [0.2, 0.25) is 10.0 Å². The summed E-state index contributed by atoms with van der Waals surface area (Å²) in [6.45, 7) is 0. The van der Waals surface area contributed by atoms with Gasteiger partial charge in [-0.05, 0) is 0 Å². The fourth-order valence-electron chi connectivity index (χ4n) is 0.540. The third-order valence-electron chi connectivity index (χ3n) is 0.984. The number of halogens is 3. The van der Waals surface area contributed by atoms with Crippen molar-refractivity contribution in [2.45, 2.75) is 0 Å². The Morgan fingerprint density at radius 3 is 2.10 bits per heavy atom. The molecule has 4 heteroatoms. The number of hydrogen-bond acceptors (Lipinski definition) is 0. The molecule has 0 saturated carbocycles. The van der Waals surface area contributed by atoms with E-state index >= 15 is 0 Å².